The van der Waals surface area contributed by atoms with Crippen LogP contribution in [0.3, 0.4) is 0 Å². The second kappa shape index (κ2) is 4.61. The molecule has 1 aromatic carbocycles. The van der Waals surface area contributed by atoms with Gasteiger partial charge in [0.25, 0.3) is 0 Å². The van der Waals surface area contributed by atoms with Gasteiger partial charge in [-0.25, -0.2) is 4.79 Å². The van der Waals surface area contributed by atoms with Crippen LogP contribution in [0.1, 0.15) is 30.9 Å². The van der Waals surface area contributed by atoms with Crippen LogP contribution in [-0.4, -0.2) is 21.8 Å². The molecule has 100 valence electrons. The van der Waals surface area contributed by atoms with Gasteiger partial charge in [-0.05, 0) is 18.6 Å². The number of carbonyl (C=O) groups is 1. The van der Waals surface area contributed by atoms with Crippen molar-refractivity contribution in [2.75, 3.05) is 0 Å². The number of hydrogen-bond acceptors (Lipinski definition) is 2. The Kier molecular flexibility index (Phi) is 3.71. The Balaban J connectivity index is 3.16. The number of carboxylic acids is 1. The summed E-state index contributed by atoms with van der Waals surface area (Å²) in [6, 6.07) is 4.29. The first-order chi connectivity index (χ1) is 8.06. The van der Waals surface area contributed by atoms with Gasteiger partial charge in [-0.3, -0.25) is 0 Å². The molecule has 0 spiro atoms. The topological polar surface area (TPSA) is 57.5 Å². The van der Waals surface area contributed by atoms with Gasteiger partial charge in [-0.1, -0.05) is 25.1 Å². The van der Waals surface area contributed by atoms with Crippen molar-refractivity contribution in [2.45, 2.75) is 31.5 Å². The Morgan fingerprint density at radius 2 is 1.89 bits per heavy atom. The second-order valence-corrected chi connectivity index (χ2v) is 4.30. The van der Waals surface area contributed by atoms with Crippen LogP contribution in [0.15, 0.2) is 24.3 Å². The first kappa shape index (κ1) is 14.5. The molecule has 0 heterocycles. The molecule has 0 saturated carbocycles. The standard InChI is InChI=1S/C12H13F3O3/c1-7(11(2,18)10(16)17)8-4-3-5-9(6-8)12(13,14)15/h3-7,18H,1-2H3,(H,16,17). The Morgan fingerprint density at radius 3 is 2.33 bits per heavy atom. The number of aliphatic carboxylic acids is 1. The molecule has 1 rings (SSSR count). The third kappa shape index (κ3) is 2.81. The number of benzene rings is 1. The van der Waals surface area contributed by atoms with Crippen LogP contribution in [0.25, 0.3) is 0 Å². The molecule has 0 amide bonds. The summed E-state index contributed by atoms with van der Waals surface area (Å²) in [6.45, 7) is 2.42. The van der Waals surface area contributed by atoms with Gasteiger partial charge >= 0.3 is 12.1 Å². The molecule has 3 nitrogen and oxygen atoms in total. The van der Waals surface area contributed by atoms with Gasteiger partial charge in [-0.2, -0.15) is 13.2 Å². The average molecular weight is 262 g/mol. The predicted molar refractivity (Wildman–Crippen MR) is 58.1 cm³/mol. The molecule has 2 unspecified atom stereocenters. The SMILES string of the molecule is CC(c1cccc(C(F)(F)F)c1)C(C)(O)C(=O)O. The van der Waals surface area contributed by atoms with Crippen LogP contribution < -0.4 is 0 Å². The predicted octanol–water partition coefficient (Wildman–Crippen LogP) is 2.64. The summed E-state index contributed by atoms with van der Waals surface area (Å²) in [5.41, 5.74) is -2.87. The van der Waals surface area contributed by atoms with E-state index in [0.29, 0.717) is 0 Å². The lowest BCUT2D eigenvalue weighted by atomic mass is 9.84. The largest absolute Gasteiger partial charge is 0.479 e. The van der Waals surface area contributed by atoms with Crippen LogP contribution in [0.2, 0.25) is 0 Å². The molecule has 2 atom stereocenters. The molecule has 0 aromatic heterocycles. The first-order valence-electron chi connectivity index (χ1n) is 5.19. The van der Waals surface area contributed by atoms with E-state index in [1.807, 2.05) is 0 Å². The Bertz CT molecular complexity index is 452. The highest BCUT2D eigenvalue weighted by molar-refractivity contribution is 5.78. The first-order valence-corrected chi connectivity index (χ1v) is 5.19. The van der Waals surface area contributed by atoms with E-state index in [1.165, 1.54) is 19.1 Å². The van der Waals surface area contributed by atoms with Gasteiger partial charge in [-0.15, -0.1) is 0 Å². The molecule has 18 heavy (non-hydrogen) atoms. The van der Waals surface area contributed by atoms with Crippen molar-refractivity contribution in [3.8, 4) is 0 Å². The summed E-state index contributed by atoms with van der Waals surface area (Å²) < 4.78 is 37.5. The zero-order valence-electron chi connectivity index (χ0n) is 9.82. The molecule has 0 fully saturated rings. The Morgan fingerprint density at radius 1 is 1.33 bits per heavy atom. The van der Waals surface area contributed by atoms with Crippen molar-refractivity contribution in [1.82, 2.24) is 0 Å². The number of halogens is 3. The zero-order chi connectivity index (χ0) is 14.1. The quantitative estimate of drug-likeness (QED) is 0.880. The molecule has 0 aliphatic heterocycles. The van der Waals surface area contributed by atoms with Crippen LogP contribution >= 0.6 is 0 Å². The molecule has 6 heteroatoms. The van der Waals surface area contributed by atoms with E-state index in [9.17, 15) is 23.1 Å². The minimum Gasteiger partial charge on any atom is -0.479 e. The maximum Gasteiger partial charge on any atom is 0.416 e. The number of alkyl halides is 3. The normalized spacial score (nSPS) is 17.0. The highest BCUT2D eigenvalue weighted by atomic mass is 19.4. The molecule has 0 bridgehead atoms. The summed E-state index contributed by atoms with van der Waals surface area (Å²) in [6.07, 6.45) is -4.50. The summed E-state index contributed by atoms with van der Waals surface area (Å²) in [4.78, 5) is 10.8. The number of aliphatic hydroxyl groups is 1. The van der Waals surface area contributed by atoms with Crippen LogP contribution in [-0.2, 0) is 11.0 Å². The summed E-state index contributed by atoms with van der Waals surface area (Å²) in [5.74, 6) is -2.44. The van der Waals surface area contributed by atoms with E-state index in [0.717, 1.165) is 19.1 Å². The fraction of sp³-hybridized carbons (Fsp3) is 0.417. The minimum atomic E-state index is -4.50. The maximum atomic E-state index is 12.5. The lowest BCUT2D eigenvalue weighted by Crippen LogP contribution is -2.40. The third-order valence-corrected chi connectivity index (χ3v) is 2.99. The Labute approximate surface area is 102 Å². The lowest BCUT2D eigenvalue weighted by molar-refractivity contribution is -0.158. The molecular weight excluding hydrogens is 249 g/mol. The van der Waals surface area contributed by atoms with Crippen molar-refractivity contribution in [2.24, 2.45) is 0 Å². The van der Waals surface area contributed by atoms with E-state index < -0.39 is 29.2 Å². The lowest BCUT2D eigenvalue weighted by Gasteiger charge is -2.26. The molecule has 1 aromatic rings. The van der Waals surface area contributed by atoms with Crippen molar-refractivity contribution < 1.29 is 28.2 Å². The maximum absolute atomic E-state index is 12.5. The van der Waals surface area contributed by atoms with Gasteiger partial charge in [0.1, 0.15) is 0 Å². The van der Waals surface area contributed by atoms with Gasteiger partial charge in [0.15, 0.2) is 5.60 Å². The highest BCUT2D eigenvalue weighted by Gasteiger charge is 2.38. The fourth-order valence-corrected chi connectivity index (χ4v) is 1.49. The van der Waals surface area contributed by atoms with Crippen molar-refractivity contribution >= 4 is 5.97 Å². The fourth-order valence-electron chi connectivity index (χ4n) is 1.49. The molecule has 0 aliphatic carbocycles. The smallest absolute Gasteiger partial charge is 0.416 e. The second-order valence-electron chi connectivity index (χ2n) is 4.30. The third-order valence-electron chi connectivity index (χ3n) is 2.99. The zero-order valence-corrected chi connectivity index (χ0v) is 9.82. The number of hydrogen-bond donors (Lipinski definition) is 2. The van der Waals surface area contributed by atoms with Crippen molar-refractivity contribution in [3.63, 3.8) is 0 Å². The van der Waals surface area contributed by atoms with Crippen LogP contribution in [0.5, 0.6) is 0 Å². The summed E-state index contributed by atoms with van der Waals surface area (Å²) >= 11 is 0. The van der Waals surface area contributed by atoms with Crippen molar-refractivity contribution in [1.29, 1.82) is 0 Å². The average Bonchev–Trinajstić information content (AvgIpc) is 2.26. The number of carboxylic acid groups (broad SMARTS) is 1. The molecular formula is C12H13F3O3. The van der Waals surface area contributed by atoms with E-state index in [2.05, 4.69) is 0 Å². The van der Waals surface area contributed by atoms with E-state index in [1.54, 1.807) is 0 Å². The van der Waals surface area contributed by atoms with Crippen LogP contribution in [0.4, 0.5) is 13.2 Å². The molecule has 0 saturated heterocycles. The Hall–Kier alpha value is -1.56. The highest BCUT2D eigenvalue weighted by Crippen LogP contribution is 2.34. The van der Waals surface area contributed by atoms with Gasteiger partial charge in [0.2, 0.25) is 0 Å². The minimum absolute atomic E-state index is 0.122. The van der Waals surface area contributed by atoms with E-state index in [4.69, 9.17) is 5.11 Å². The summed E-state index contributed by atoms with van der Waals surface area (Å²) in [7, 11) is 0. The van der Waals surface area contributed by atoms with E-state index >= 15 is 0 Å². The van der Waals surface area contributed by atoms with Crippen LogP contribution in [0, 0.1) is 0 Å². The molecule has 0 radical (unpaired) electrons. The van der Waals surface area contributed by atoms with Crippen molar-refractivity contribution in [3.05, 3.63) is 35.4 Å². The van der Waals surface area contributed by atoms with E-state index in [-0.39, 0.29) is 5.56 Å². The molecule has 0 aliphatic rings. The summed E-state index contributed by atoms with van der Waals surface area (Å²) in [5, 5.41) is 18.6. The van der Waals surface area contributed by atoms with Gasteiger partial charge in [0.05, 0.1) is 5.56 Å². The molecule has 2 N–H and O–H groups in total. The monoisotopic (exact) mass is 262 g/mol. The number of rotatable bonds is 3. The van der Waals surface area contributed by atoms with Gasteiger partial charge in [0, 0.05) is 5.92 Å². The van der Waals surface area contributed by atoms with Gasteiger partial charge < -0.3 is 10.2 Å².